The SMILES string of the molecule is Cc1cc(F)c2c(c1)OC[C@H](NC(=O)c1n[nH]c3c1C[C@H](C(F)(F)F)CC3)C(=O)N2. The Morgan fingerprint density at radius 2 is 2.10 bits per heavy atom. The van der Waals surface area contributed by atoms with Crippen LogP contribution < -0.4 is 15.4 Å². The van der Waals surface area contributed by atoms with Crippen molar-refractivity contribution in [1.29, 1.82) is 0 Å². The predicted octanol–water partition coefficient (Wildman–Crippen LogP) is 2.65. The second-order valence-corrected chi connectivity index (χ2v) is 7.46. The molecule has 30 heavy (non-hydrogen) atoms. The number of carbonyl (C=O) groups is 2. The number of benzene rings is 1. The number of aromatic nitrogens is 2. The van der Waals surface area contributed by atoms with E-state index >= 15 is 0 Å². The minimum atomic E-state index is -4.37. The van der Waals surface area contributed by atoms with Crippen LogP contribution in [0.1, 0.15) is 33.7 Å². The third kappa shape index (κ3) is 3.71. The van der Waals surface area contributed by atoms with E-state index in [1.807, 2.05) is 0 Å². The normalized spacial score (nSPS) is 21.0. The number of H-pyrrole nitrogens is 1. The Balaban J connectivity index is 1.51. The molecule has 0 fully saturated rings. The summed E-state index contributed by atoms with van der Waals surface area (Å²) in [5.41, 5.74) is 0.946. The molecule has 2 heterocycles. The topological polar surface area (TPSA) is 96.1 Å². The van der Waals surface area contributed by atoms with Crippen LogP contribution in [0.15, 0.2) is 12.1 Å². The minimum absolute atomic E-state index is 0.0815. The smallest absolute Gasteiger partial charge is 0.392 e. The molecule has 0 saturated heterocycles. The third-order valence-corrected chi connectivity index (χ3v) is 5.30. The first-order chi connectivity index (χ1) is 14.1. The molecule has 1 aromatic carbocycles. The van der Waals surface area contributed by atoms with Crippen LogP contribution in [0.4, 0.5) is 23.2 Å². The zero-order valence-electron chi connectivity index (χ0n) is 15.8. The van der Waals surface area contributed by atoms with Gasteiger partial charge in [0.15, 0.2) is 11.5 Å². The minimum Gasteiger partial charge on any atom is -0.489 e. The first-order valence-corrected chi connectivity index (χ1v) is 9.31. The van der Waals surface area contributed by atoms with Gasteiger partial charge in [-0.2, -0.15) is 18.3 Å². The van der Waals surface area contributed by atoms with E-state index in [0.717, 1.165) is 0 Å². The van der Waals surface area contributed by atoms with Crippen LogP contribution in [0.3, 0.4) is 0 Å². The summed E-state index contributed by atoms with van der Waals surface area (Å²) in [4.78, 5) is 25.1. The van der Waals surface area contributed by atoms with Crippen LogP contribution in [-0.4, -0.2) is 40.8 Å². The number of aromatic amines is 1. The lowest BCUT2D eigenvalue weighted by Gasteiger charge is -2.24. The van der Waals surface area contributed by atoms with Crippen molar-refractivity contribution in [2.24, 2.45) is 5.92 Å². The van der Waals surface area contributed by atoms with E-state index in [0.29, 0.717) is 11.3 Å². The van der Waals surface area contributed by atoms with Crippen molar-refractivity contribution in [3.05, 3.63) is 40.5 Å². The summed E-state index contributed by atoms with van der Waals surface area (Å²) in [7, 11) is 0. The number of halogens is 4. The molecule has 0 radical (unpaired) electrons. The number of nitrogens with zero attached hydrogens (tertiary/aromatic N) is 1. The van der Waals surface area contributed by atoms with E-state index < -0.39 is 35.8 Å². The average Bonchev–Trinajstić information content (AvgIpc) is 3.03. The molecule has 2 atom stereocenters. The van der Waals surface area contributed by atoms with Gasteiger partial charge in [-0.1, -0.05) is 0 Å². The van der Waals surface area contributed by atoms with Crippen molar-refractivity contribution in [2.45, 2.75) is 38.4 Å². The van der Waals surface area contributed by atoms with Gasteiger partial charge in [-0.15, -0.1) is 0 Å². The molecule has 2 aromatic rings. The van der Waals surface area contributed by atoms with Gasteiger partial charge in [0.05, 0.1) is 5.92 Å². The summed E-state index contributed by atoms with van der Waals surface area (Å²) in [5, 5.41) is 11.3. The van der Waals surface area contributed by atoms with Gasteiger partial charge in [0, 0.05) is 11.3 Å². The number of carbonyl (C=O) groups excluding carboxylic acids is 2. The van der Waals surface area contributed by atoms with Crippen LogP contribution in [0, 0.1) is 18.7 Å². The molecular weight excluding hydrogens is 408 g/mol. The molecule has 160 valence electrons. The Kier molecular flexibility index (Phi) is 4.91. The Labute approximate surface area is 168 Å². The number of hydrogen-bond acceptors (Lipinski definition) is 4. The zero-order chi connectivity index (χ0) is 21.6. The Morgan fingerprint density at radius 3 is 2.83 bits per heavy atom. The summed E-state index contributed by atoms with van der Waals surface area (Å²) in [6.45, 7) is 1.39. The van der Waals surface area contributed by atoms with Gasteiger partial charge in [-0.05, 0) is 43.9 Å². The first kappa shape index (κ1) is 20.2. The van der Waals surface area contributed by atoms with Gasteiger partial charge in [0.2, 0.25) is 0 Å². The number of amides is 2. The van der Waals surface area contributed by atoms with Crippen LogP contribution in [-0.2, 0) is 17.6 Å². The van der Waals surface area contributed by atoms with Gasteiger partial charge in [0.25, 0.3) is 11.8 Å². The van der Waals surface area contributed by atoms with E-state index in [1.54, 1.807) is 13.0 Å². The summed E-state index contributed by atoms with van der Waals surface area (Å²) in [5.74, 6) is -3.61. The summed E-state index contributed by atoms with van der Waals surface area (Å²) in [6, 6.07) is 1.59. The molecule has 0 saturated carbocycles. The maximum atomic E-state index is 14.1. The van der Waals surface area contributed by atoms with Crippen LogP contribution in [0.25, 0.3) is 0 Å². The summed E-state index contributed by atoms with van der Waals surface area (Å²) < 4.78 is 58.9. The number of anilines is 1. The molecule has 4 rings (SSSR count). The van der Waals surface area contributed by atoms with Crippen LogP contribution in [0.2, 0.25) is 0 Å². The third-order valence-electron chi connectivity index (χ3n) is 5.30. The van der Waals surface area contributed by atoms with E-state index in [-0.39, 0.29) is 48.6 Å². The van der Waals surface area contributed by atoms with E-state index in [1.165, 1.54) is 6.07 Å². The van der Waals surface area contributed by atoms with E-state index in [2.05, 4.69) is 20.8 Å². The highest BCUT2D eigenvalue weighted by Gasteiger charge is 2.43. The molecule has 11 heteroatoms. The quantitative estimate of drug-likeness (QED) is 0.644. The monoisotopic (exact) mass is 426 g/mol. The van der Waals surface area contributed by atoms with Crippen molar-refractivity contribution in [1.82, 2.24) is 15.5 Å². The number of rotatable bonds is 2. The van der Waals surface area contributed by atoms with Crippen LogP contribution in [0.5, 0.6) is 5.75 Å². The molecule has 7 nitrogen and oxygen atoms in total. The van der Waals surface area contributed by atoms with Crippen molar-refractivity contribution in [3.8, 4) is 5.75 Å². The lowest BCUT2D eigenvalue weighted by molar-refractivity contribution is -0.177. The van der Waals surface area contributed by atoms with Gasteiger partial charge < -0.3 is 15.4 Å². The summed E-state index contributed by atoms with van der Waals surface area (Å²) in [6.07, 6.45) is -4.68. The van der Waals surface area contributed by atoms with Crippen molar-refractivity contribution >= 4 is 17.5 Å². The Bertz CT molecular complexity index is 1020. The molecule has 1 aliphatic heterocycles. The van der Waals surface area contributed by atoms with Gasteiger partial charge in [-0.25, -0.2) is 4.39 Å². The second-order valence-electron chi connectivity index (χ2n) is 7.46. The highest BCUT2D eigenvalue weighted by Crippen LogP contribution is 2.37. The molecule has 0 bridgehead atoms. The average molecular weight is 426 g/mol. The highest BCUT2D eigenvalue weighted by atomic mass is 19.4. The van der Waals surface area contributed by atoms with E-state index in [4.69, 9.17) is 4.74 Å². The number of hydrogen-bond donors (Lipinski definition) is 3. The van der Waals surface area contributed by atoms with E-state index in [9.17, 15) is 27.2 Å². The molecular formula is C19H18F4N4O3. The van der Waals surface area contributed by atoms with Gasteiger partial charge in [0.1, 0.15) is 24.1 Å². The lowest BCUT2D eigenvalue weighted by atomic mass is 9.86. The maximum Gasteiger partial charge on any atom is 0.392 e. The number of fused-ring (bicyclic) bond motifs is 2. The van der Waals surface area contributed by atoms with Crippen LogP contribution >= 0.6 is 0 Å². The molecule has 0 spiro atoms. The molecule has 2 aliphatic rings. The highest BCUT2D eigenvalue weighted by molar-refractivity contribution is 6.02. The van der Waals surface area contributed by atoms with Crippen molar-refractivity contribution in [3.63, 3.8) is 0 Å². The number of ether oxygens (including phenoxy) is 1. The second kappa shape index (κ2) is 7.29. The zero-order valence-corrected chi connectivity index (χ0v) is 15.8. The fraction of sp³-hybridized carbons (Fsp3) is 0.421. The van der Waals surface area contributed by atoms with Crippen molar-refractivity contribution < 1.29 is 31.9 Å². The van der Waals surface area contributed by atoms with Gasteiger partial charge >= 0.3 is 6.18 Å². The molecule has 3 N–H and O–H groups in total. The summed E-state index contributed by atoms with van der Waals surface area (Å²) >= 11 is 0. The number of alkyl halides is 3. The molecule has 0 unspecified atom stereocenters. The van der Waals surface area contributed by atoms with Crippen molar-refractivity contribution in [2.75, 3.05) is 11.9 Å². The standard InChI is InChI=1S/C19H18F4N4O3/c1-8-4-11(20)16-14(5-8)30-7-13(17(28)25-16)24-18(29)15-10-6-9(19(21,22)23)2-3-12(10)26-27-15/h4-5,9,13H,2-3,6-7H2,1H3,(H,24,29)(H,25,28)(H,26,27)/t9-,13+/m1/s1. The van der Waals surface area contributed by atoms with Gasteiger partial charge in [-0.3, -0.25) is 14.7 Å². The fourth-order valence-electron chi connectivity index (χ4n) is 3.70. The maximum absolute atomic E-state index is 14.1. The largest absolute Gasteiger partial charge is 0.489 e. The predicted molar refractivity (Wildman–Crippen MR) is 96.7 cm³/mol. The molecule has 1 aromatic heterocycles. The lowest BCUT2D eigenvalue weighted by Crippen LogP contribution is -2.46. The first-order valence-electron chi connectivity index (χ1n) is 9.31. The Hall–Kier alpha value is -3.11. The fourth-order valence-corrected chi connectivity index (χ4v) is 3.70. The number of nitrogens with one attached hydrogen (secondary N) is 3. The molecule has 1 aliphatic carbocycles. The molecule has 2 amide bonds. The number of aryl methyl sites for hydroxylation is 2. The Morgan fingerprint density at radius 1 is 1.33 bits per heavy atom.